The summed E-state index contributed by atoms with van der Waals surface area (Å²) in [6.07, 6.45) is -7.43. The molecule has 148 valence electrons. The summed E-state index contributed by atoms with van der Waals surface area (Å²) in [5.74, 6) is -0.229. The molecular weight excluding hydrogens is 403 g/mol. The van der Waals surface area contributed by atoms with Gasteiger partial charge in [0, 0.05) is 5.39 Å². The van der Waals surface area contributed by atoms with Gasteiger partial charge in [0.15, 0.2) is 5.75 Å². The molecule has 1 aliphatic rings. The second kappa shape index (κ2) is 7.94. The van der Waals surface area contributed by atoms with Gasteiger partial charge >= 0.3 is 0 Å². The van der Waals surface area contributed by atoms with Crippen molar-refractivity contribution < 1.29 is 40.0 Å². The number of ether oxygens (including phenoxy) is 1. The van der Waals surface area contributed by atoms with Gasteiger partial charge in [-0.1, -0.05) is 35.3 Å². The fourth-order valence-corrected chi connectivity index (χ4v) is 3.35. The number of hydrogen-bond acceptors (Lipinski definition) is 8. The van der Waals surface area contributed by atoms with Crippen LogP contribution in [0.15, 0.2) is 18.2 Å². The van der Waals surface area contributed by atoms with E-state index in [2.05, 4.69) is 0 Å². The van der Waals surface area contributed by atoms with Crippen LogP contribution in [-0.4, -0.2) is 62.8 Å². The molecule has 0 bridgehead atoms. The summed E-state index contributed by atoms with van der Waals surface area (Å²) in [4.78, 5) is 10.3. The summed E-state index contributed by atoms with van der Waals surface area (Å²) in [5.41, 5.74) is 0.496. The molecule has 0 radical (unpaired) electrons. The van der Waals surface area contributed by atoms with Gasteiger partial charge in [-0.05, 0) is 18.6 Å². The van der Waals surface area contributed by atoms with Gasteiger partial charge < -0.3 is 35.2 Å². The normalized spacial score (nSPS) is 28.5. The van der Waals surface area contributed by atoms with E-state index in [1.807, 2.05) is 0 Å². The Balaban J connectivity index is 1.90. The largest absolute Gasteiger partial charge is 0.506 e. The summed E-state index contributed by atoms with van der Waals surface area (Å²) in [6.45, 7) is 1.05. The quantitative estimate of drug-likeness (QED) is 0.369. The van der Waals surface area contributed by atoms with Crippen molar-refractivity contribution in [1.82, 2.24) is 0 Å². The average Bonchev–Trinajstić information content (AvgIpc) is 2.68. The summed E-state index contributed by atoms with van der Waals surface area (Å²) in [7, 11) is 0. The van der Waals surface area contributed by atoms with Crippen molar-refractivity contribution >= 4 is 34.0 Å². The van der Waals surface area contributed by atoms with Crippen LogP contribution in [0.2, 0.25) is 10.0 Å². The Kier molecular flexibility index (Phi) is 5.99. The second-order valence-electron chi connectivity index (χ2n) is 6.16. The van der Waals surface area contributed by atoms with Crippen molar-refractivity contribution in [2.45, 2.75) is 37.6 Å². The highest BCUT2D eigenvalue weighted by Crippen LogP contribution is 2.45. The standard InChI is InChI=1S/C17H18Cl2O8/c1-6-11(18)7-3-2-4-8(10(7)14(22)12(6)19)26-27-17-16(24)15(23)13(21)9(5-20)25-17/h2-4,9,13,15-17,20-24H,5H2,1H3/t9-,13-,15+,16-,17+/m1/s1. The van der Waals surface area contributed by atoms with Crippen LogP contribution in [0.3, 0.4) is 0 Å². The predicted molar refractivity (Wildman–Crippen MR) is 95.9 cm³/mol. The van der Waals surface area contributed by atoms with Crippen molar-refractivity contribution in [2.24, 2.45) is 0 Å². The first-order valence-electron chi connectivity index (χ1n) is 8.01. The van der Waals surface area contributed by atoms with Crippen molar-refractivity contribution in [3.8, 4) is 11.5 Å². The van der Waals surface area contributed by atoms with E-state index in [1.54, 1.807) is 19.1 Å². The van der Waals surface area contributed by atoms with E-state index in [-0.39, 0.29) is 21.9 Å². The maximum Gasteiger partial charge on any atom is 0.232 e. The van der Waals surface area contributed by atoms with Gasteiger partial charge in [0.1, 0.15) is 30.2 Å². The van der Waals surface area contributed by atoms with Gasteiger partial charge in [-0.15, -0.1) is 0 Å². The molecule has 1 fully saturated rings. The molecular formula is C17H18Cl2O8. The number of phenolic OH excluding ortho intramolecular Hbond substituents is 1. The Morgan fingerprint density at radius 2 is 1.78 bits per heavy atom. The first-order valence-corrected chi connectivity index (χ1v) is 8.76. The fraction of sp³-hybridized carbons (Fsp3) is 0.412. The Bertz CT molecular complexity index is 844. The number of aliphatic hydroxyl groups is 4. The molecule has 2 aromatic rings. The maximum atomic E-state index is 10.4. The van der Waals surface area contributed by atoms with Crippen molar-refractivity contribution in [1.29, 1.82) is 0 Å². The lowest BCUT2D eigenvalue weighted by Crippen LogP contribution is -2.59. The SMILES string of the molecule is Cc1c(Cl)c(O)c2c(OO[C@@H]3O[C@H](CO)[C@@H](O)[C@H](O)[C@H]3O)cccc2c1Cl. The molecule has 27 heavy (non-hydrogen) atoms. The number of halogens is 2. The van der Waals surface area contributed by atoms with Crippen molar-refractivity contribution in [3.63, 3.8) is 0 Å². The third-order valence-corrected chi connectivity index (χ3v) is 5.40. The highest BCUT2D eigenvalue weighted by Gasteiger charge is 2.45. The van der Waals surface area contributed by atoms with Gasteiger partial charge in [-0.2, -0.15) is 4.89 Å². The molecule has 0 aromatic heterocycles. The monoisotopic (exact) mass is 420 g/mol. The van der Waals surface area contributed by atoms with E-state index in [4.69, 9.17) is 37.7 Å². The number of fused-ring (bicyclic) bond motifs is 1. The molecule has 1 aliphatic heterocycles. The molecule has 8 nitrogen and oxygen atoms in total. The predicted octanol–water partition coefficient (Wildman–Crippen LogP) is 1.27. The van der Waals surface area contributed by atoms with Crippen LogP contribution >= 0.6 is 23.2 Å². The molecule has 10 heteroatoms. The fourth-order valence-electron chi connectivity index (χ4n) is 2.86. The minimum absolute atomic E-state index is 0.0331. The van der Waals surface area contributed by atoms with Gasteiger partial charge in [0.2, 0.25) is 6.29 Å². The number of hydrogen-bond donors (Lipinski definition) is 5. The molecule has 0 amide bonds. The Labute approximate surface area is 164 Å². The zero-order valence-corrected chi connectivity index (χ0v) is 15.6. The van der Waals surface area contributed by atoms with E-state index in [0.29, 0.717) is 16.0 Å². The topological polar surface area (TPSA) is 129 Å². The van der Waals surface area contributed by atoms with Crippen LogP contribution in [0.5, 0.6) is 11.5 Å². The lowest BCUT2D eigenvalue weighted by atomic mass is 9.99. The summed E-state index contributed by atoms with van der Waals surface area (Å²) >= 11 is 12.4. The van der Waals surface area contributed by atoms with E-state index < -0.39 is 37.3 Å². The van der Waals surface area contributed by atoms with Crippen LogP contribution < -0.4 is 4.89 Å². The van der Waals surface area contributed by atoms with Gasteiger partial charge in [-0.3, -0.25) is 0 Å². The van der Waals surface area contributed by atoms with E-state index in [1.165, 1.54) is 6.07 Å². The number of aliphatic hydroxyl groups excluding tert-OH is 4. The van der Waals surface area contributed by atoms with Crippen LogP contribution in [0.1, 0.15) is 5.56 Å². The van der Waals surface area contributed by atoms with E-state index >= 15 is 0 Å². The zero-order chi connectivity index (χ0) is 19.9. The maximum absolute atomic E-state index is 10.4. The molecule has 0 unspecified atom stereocenters. The molecule has 1 saturated heterocycles. The molecule has 0 saturated carbocycles. The zero-order valence-electron chi connectivity index (χ0n) is 14.0. The van der Waals surface area contributed by atoms with Gasteiger partial charge in [0.05, 0.1) is 22.0 Å². The van der Waals surface area contributed by atoms with Crippen LogP contribution in [0.25, 0.3) is 10.8 Å². The lowest BCUT2D eigenvalue weighted by Gasteiger charge is -2.38. The van der Waals surface area contributed by atoms with Crippen LogP contribution in [0, 0.1) is 6.92 Å². The van der Waals surface area contributed by atoms with Gasteiger partial charge in [0.25, 0.3) is 0 Å². The minimum Gasteiger partial charge on any atom is -0.506 e. The second-order valence-corrected chi connectivity index (χ2v) is 6.91. The third kappa shape index (κ3) is 3.55. The Morgan fingerprint density at radius 1 is 1.07 bits per heavy atom. The smallest absolute Gasteiger partial charge is 0.232 e. The Morgan fingerprint density at radius 3 is 2.44 bits per heavy atom. The molecule has 3 rings (SSSR count). The van der Waals surface area contributed by atoms with E-state index in [9.17, 15) is 25.5 Å². The number of aromatic hydroxyl groups is 1. The highest BCUT2D eigenvalue weighted by molar-refractivity contribution is 6.41. The first-order chi connectivity index (χ1) is 12.8. The summed E-state index contributed by atoms with van der Waals surface area (Å²) in [6, 6.07) is 4.72. The first kappa shape index (κ1) is 20.4. The van der Waals surface area contributed by atoms with E-state index in [0.717, 1.165) is 0 Å². The average molecular weight is 421 g/mol. The number of phenols is 1. The van der Waals surface area contributed by atoms with Crippen molar-refractivity contribution in [3.05, 3.63) is 33.8 Å². The number of benzene rings is 2. The molecule has 0 spiro atoms. The molecule has 1 heterocycles. The summed E-state index contributed by atoms with van der Waals surface area (Å²) in [5, 5.41) is 50.1. The minimum atomic E-state index is -1.64. The highest BCUT2D eigenvalue weighted by atomic mass is 35.5. The molecule has 5 atom stereocenters. The molecule has 5 N–H and O–H groups in total. The van der Waals surface area contributed by atoms with Crippen molar-refractivity contribution in [2.75, 3.05) is 6.61 Å². The molecule has 2 aromatic carbocycles. The third-order valence-electron chi connectivity index (χ3n) is 4.45. The Hall–Kier alpha value is -1.36. The van der Waals surface area contributed by atoms with Crippen LogP contribution in [-0.2, 0) is 9.62 Å². The lowest BCUT2D eigenvalue weighted by molar-refractivity contribution is -0.386. The van der Waals surface area contributed by atoms with Crippen LogP contribution in [0.4, 0.5) is 0 Å². The molecule has 0 aliphatic carbocycles. The van der Waals surface area contributed by atoms with Gasteiger partial charge in [-0.25, -0.2) is 0 Å². The number of rotatable bonds is 4. The summed E-state index contributed by atoms with van der Waals surface area (Å²) < 4.78 is 5.19.